The van der Waals surface area contributed by atoms with Gasteiger partial charge in [-0.15, -0.1) is 24.8 Å². The molecule has 5 nitrogen and oxygen atoms in total. The Labute approximate surface area is 163 Å². The fraction of sp³-hybridized carbons (Fsp3) is 0.294. The summed E-state index contributed by atoms with van der Waals surface area (Å²) in [4.78, 5) is 17.5. The largest absolute Gasteiger partial charge is 0.348 e. The van der Waals surface area contributed by atoms with Crippen LogP contribution in [-0.4, -0.2) is 34.9 Å². The number of carbonyl (C=O) groups excluding carboxylic acids is 1. The van der Waals surface area contributed by atoms with Gasteiger partial charge in [0.1, 0.15) is 5.65 Å². The molecule has 25 heavy (non-hydrogen) atoms. The first-order valence-corrected chi connectivity index (χ1v) is 8.66. The Morgan fingerprint density at radius 1 is 1.32 bits per heavy atom. The molecule has 2 aliphatic heterocycles. The number of halogens is 2. The minimum absolute atomic E-state index is 0. The third kappa shape index (κ3) is 4.20. The normalized spacial score (nSPS) is 15.7. The zero-order valence-electron chi connectivity index (χ0n) is 13.5. The van der Waals surface area contributed by atoms with Gasteiger partial charge in [0.05, 0.1) is 21.8 Å². The average Bonchev–Trinajstić information content (AvgIpc) is 3.01. The smallest absolute Gasteiger partial charge is 0.258 e. The summed E-state index contributed by atoms with van der Waals surface area (Å²) in [7, 11) is 0. The molecular formula is C17H20Cl2N4OS. The number of aromatic nitrogens is 2. The molecule has 0 spiro atoms. The van der Waals surface area contributed by atoms with Gasteiger partial charge in [-0.1, -0.05) is 29.5 Å². The molecular weight excluding hydrogens is 379 g/mol. The number of nitrogens with zero attached hydrogens (tertiary/aromatic N) is 2. The van der Waals surface area contributed by atoms with Crippen LogP contribution < -0.4 is 10.6 Å². The van der Waals surface area contributed by atoms with Crippen LogP contribution >= 0.6 is 36.6 Å². The van der Waals surface area contributed by atoms with Crippen molar-refractivity contribution in [3.8, 4) is 0 Å². The maximum atomic E-state index is 12.4. The van der Waals surface area contributed by atoms with E-state index >= 15 is 0 Å². The molecule has 2 aliphatic rings. The van der Waals surface area contributed by atoms with Gasteiger partial charge in [0, 0.05) is 6.54 Å². The van der Waals surface area contributed by atoms with Gasteiger partial charge >= 0.3 is 0 Å². The zero-order valence-corrected chi connectivity index (χ0v) is 16.0. The lowest BCUT2D eigenvalue weighted by atomic mass is 10.1. The highest BCUT2D eigenvalue weighted by molar-refractivity contribution is 8.04. The zero-order chi connectivity index (χ0) is 15.6. The van der Waals surface area contributed by atoms with Crippen LogP contribution in [0, 0.1) is 0 Å². The number of hydrogen-bond donors (Lipinski definition) is 2. The molecule has 2 aromatic rings. The predicted octanol–water partition coefficient (Wildman–Crippen LogP) is 3.05. The van der Waals surface area contributed by atoms with Gasteiger partial charge in [-0.2, -0.15) is 0 Å². The number of imidazole rings is 1. The van der Waals surface area contributed by atoms with Crippen LogP contribution in [0.2, 0.25) is 0 Å². The quantitative estimate of drug-likeness (QED) is 0.779. The Morgan fingerprint density at radius 2 is 2.12 bits per heavy atom. The van der Waals surface area contributed by atoms with Gasteiger partial charge in [-0.3, -0.25) is 9.20 Å². The standard InChI is InChI=1S/C17H18N4OS.2ClH/c22-17(19-9-6-12-4-7-18-8-5-12)14-10-13-11-20-15-2-1-3-16(23-14)21(13)15;;/h1-3,6,10-11,18H,4-5,7-9H2,(H,19,22);2*1H. The lowest BCUT2D eigenvalue weighted by Gasteiger charge is -2.16. The van der Waals surface area contributed by atoms with Gasteiger partial charge in [0.25, 0.3) is 5.91 Å². The van der Waals surface area contributed by atoms with E-state index in [1.54, 1.807) is 0 Å². The molecule has 1 saturated heterocycles. The molecule has 8 heteroatoms. The first-order chi connectivity index (χ1) is 11.3. The molecule has 0 saturated carbocycles. The van der Waals surface area contributed by atoms with Crippen molar-refractivity contribution >= 4 is 54.2 Å². The molecule has 1 amide bonds. The second kappa shape index (κ2) is 8.76. The molecule has 2 aromatic heterocycles. The molecule has 0 aliphatic carbocycles. The summed E-state index contributed by atoms with van der Waals surface area (Å²) in [6.07, 6.45) is 8.02. The molecule has 0 radical (unpaired) electrons. The third-order valence-corrected chi connectivity index (χ3v) is 5.19. The first-order valence-electron chi connectivity index (χ1n) is 7.84. The molecule has 0 aromatic carbocycles. The van der Waals surface area contributed by atoms with E-state index in [9.17, 15) is 4.79 Å². The van der Waals surface area contributed by atoms with Crippen molar-refractivity contribution in [2.75, 3.05) is 19.6 Å². The fourth-order valence-corrected chi connectivity index (χ4v) is 3.93. The van der Waals surface area contributed by atoms with E-state index in [2.05, 4.69) is 26.1 Å². The second-order valence-corrected chi connectivity index (χ2v) is 6.74. The summed E-state index contributed by atoms with van der Waals surface area (Å²) in [5.74, 6) is -0.0229. The van der Waals surface area contributed by atoms with Crippen LogP contribution in [-0.2, 0) is 4.79 Å². The van der Waals surface area contributed by atoms with Crippen LogP contribution in [0.5, 0.6) is 0 Å². The number of piperidine rings is 1. The van der Waals surface area contributed by atoms with Gasteiger partial charge in [0.15, 0.2) is 0 Å². The minimum Gasteiger partial charge on any atom is -0.348 e. The summed E-state index contributed by atoms with van der Waals surface area (Å²) in [6, 6.07) is 5.95. The van der Waals surface area contributed by atoms with Gasteiger partial charge < -0.3 is 10.6 Å². The topological polar surface area (TPSA) is 58.4 Å². The summed E-state index contributed by atoms with van der Waals surface area (Å²) < 4.78 is 2.07. The molecule has 1 fully saturated rings. The van der Waals surface area contributed by atoms with Gasteiger partial charge in [-0.25, -0.2) is 4.98 Å². The van der Waals surface area contributed by atoms with Gasteiger partial charge in [0.2, 0.25) is 0 Å². The van der Waals surface area contributed by atoms with E-state index in [1.165, 1.54) is 17.3 Å². The Kier molecular flexibility index (Phi) is 6.95. The van der Waals surface area contributed by atoms with Crippen molar-refractivity contribution in [1.29, 1.82) is 0 Å². The summed E-state index contributed by atoms with van der Waals surface area (Å²) in [5.41, 5.74) is 3.30. The van der Waals surface area contributed by atoms with Crippen LogP contribution in [0.25, 0.3) is 11.7 Å². The average molecular weight is 399 g/mol. The number of rotatable bonds is 3. The number of hydrogen-bond acceptors (Lipinski definition) is 4. The number of carbonyl (C=O) groups is 1. The number of thioether (sulfide) groups is 1. The minimum atomic E-state index is -0.0229. The molecule has 0 bridgehead atoms. The van der Waals surface area contributed by atoms with E-state index in [-0.39, 0.29) is 30.7 Å². The van der Waals surface area contributed by atoms with E-state index in [0.717, 1.165) is 42.3 Å². The van der Waals surface area contributed by atoms with Crippen molar-refractivity contribution in [2.24, 2.45) is 0 Å². The number of amides is 1. The molecule has 0 atom stereocenters. The predicted molar refractivity (Wildman–Crippen MR) is 107 cm³/mol. The maximum Gasteiger partial charge on any atom is 0.258 e. The summed E-state index contributed by atoms with van der Waals surface area (Å²) >= 11 is 1.49. The highest BCUT2D eigenvalue weighted by atomic mass is 35.5. The van der Waals surface area contributed by atoms with E-state index in [1.807, 2.05) is 30.5 Å². The molecule has 134 valence electrons. The van der Waals surface area contributed by atoms with Crippen LogP contribution in [0.15, 0.2) is 46.0 Å². The van der Waals surface area contributed by atoms with E-state index in [4.69, 9.17) is 0 Å². The summed E-state index contributed by atoms with van der Waals surface area (Å²) in [5, 5.41) is 7.36. The molecule has 2 N–H and O–H groups in total. The molecule has 0 unspecified atom stereocenters. The van der Waals surface area contributed by atoms with Crippen LogP contribution in [0.1, 0.15) is 18.5 Å². The first kappa shape index (κ1) is 19.8. The van der Waals surface area contributed by atoms with Crippen LogP contribution in [0.4, 0.5) is 0 Å². The maximum absolute atomic E-state index is 12.4. The van der Waals surface area contributed by atoms with Crippen molar-refractivity contribution in [3.05, 3.63) is 46.6 Å². The van der Waals surface area contributed by atoms with Gasteiger partial charge in [-0.05, 0) is 44.1 Å². The highest BCUT2D eigenvalue weighted by Gasteiger charge is 2.19. The van der Waals surface area contributed by atoms with Crippen molar-refractivity contribution < 1.29 is 4.79 Å². The Bertz CT molecular complexity index is 823. The van der Waals surface area contributed by atoms with Crippen molar-refractivity contribution in [1.82, 2.24) is 20.0 Å². The Morgan fingerprint density at radius 3 is 2.92 bits per heavy atom. The highest BCUT2D eigenvalue weighted by Crippen LogP contribution is 2.34. The molecule has 4 heterocycles. The van der Waals surface area contributed by atoms with Crippen molar-refractivity contribution in [3.63, 3.8) is 0 Å². The van der Waals surface area contributed by atoms with Crippen molar-refractivity contribution in [2.45, 2.75) is 17.9 Å². The lowest BCUT2D eigenvalue weighted by Crippen LogP contribution is -2.26. The second-order valence-electron chi connectivity index (χ2n) is 5.67. The third-order valence-electron chi connectivity index (χ3n) is 4.14. The summed E-state index contributed by atoms with van der Waals surface area (Å²) in [6.45, 7) is 2.67. The number of nitrogens with one attached hydrogen (secondary N) is 2. The lowest BCUT2D eigenvalue weighted by molar-refractivity contribution is -0.116. The van der Waals surface area contributed by atoms with E-state index in [0.29, 0.717) is 11.4 Å². The SMILES string of the molecule is Cl.Cl.O=C(NCC=C1CCNCC1)C1=Cc2cnc3cccc(n23)S1. The number of pyridine rings is 1. The Hall–Kier alpha value is -1.47. The van der Waals surface area contributed by atoms with E-state index < -0.39 is 0 Å². The monoisotopic (exact) mass is 398 g/mol. The molecule has 4 rings (SSSR count). The Balaban J connectivity index is 0.00000113. The van der Waals surface area contributed by atoms with Crippen LogP contribution in [0.3, 0.4) is 0 Å². The fourth-order valence-electron chi connectivity index (χ4n) is 2.93.